The Labute approximate surface area is 201 Å². The normalized spacial score (nSPS) is 11.7. The van der Waals surface area contributed by atoms with Crippen molar-refractivity contribution in [2.24, 2.45) is 0 Å². The molecule has 0 unspecified atom stereocenters. The molecule has 2 aromatic carbocycles. The first kappa shape index (κ1) is 24.0. The van der Waals surface area contributed by atoms with Gasteiger partial charge in [-0.25, -0.2) is 13.4 Å². The molecule has 0 aliphatic heterocycles. The van der Waals surface area contributed by atoms with E-state index in [1.165, 1.54) is 42.7 Å². The summed E-state index contributed by atoms with van der Waals surface area (Å²) < 4.78 is 71.6. The third kappa shape index (κ3) is 5.70. The number of rotatable bonds is 7. The minimum absolute atomic E-state index is 0.0197. The van der Waals surface area contributed by atoms with Crippen LogP contribution < -0.4 is 15.2 Å². The van der Waals surface area contributed by atoms with Gasteiger partial charge in [-0.2, -0.15) is 23.5 Å². The Morgan fingerprint density at radius 2 is 1.94 bits per heavy atom. The van der Waals surface area contributed by atoms with Crippen LogP contribution in [0.15, 0.2) is 65.1 Å². The first-order valence-corrected chi connectivity index (χ1v) is 12.0. The lowest BCUT2D eigenvalue weighted by molar-refractivity contribution is -0.142. The lowest BCUT2D eigenvalue weighted by Crippen LogP contribution is -2.18. The van der Waals surface area contributed by atoms with Gasteiger partial charge in [0.1, 0.15) is 24.1 Å². The van der Waals surface area contributed by atoms with Crippen molar-refractivity contribution in [1.29, 1.82) is 5.26 Å². The fourth-order valence-corrected chi connectivity index (χ4v) is 4.87. The summed E-state index contributed by atoms with van der Waals surface area (Å²) >= 11 is 1.11. The maximum Gasteiger partial charge on any atom is 0.408 e. The largest absolute Gasteiger partial charge is 0.456 e. The molecule has 0 fully saturated rings. The van der Waals surface area contributed by atoms with E-state index in [2.05, 4.69) is 14.8 Å². The quantitative estimate of drug-likeness (QED) is 0.363. The molecule has 9 nitrogen and oxygen atoms in total. The van der Waals surface area contributed by atoms with Gasteiger partial charge in [-0.3, -0.25) is 9.40 Å². The third-order valence-corrected chi connectivity index (χ3v) is 6.71. The monoisotopic (exact) mass is 520 g/mol. The highest BCUT2D eigenvalue weighted by atomic mass is 32.2. The van der Waals surface area contributed by atoms with Crippen molar-refractivity contribution >= 4 is 32.3 Å². The van der Waals surface area contributed by atoms with Gasteiger partial charge in [0.05, 0.1) is 10.5 Å². The zero-order valence-corrected chi connectivity index (χ0v) is 19.2. The van der Waals surface area contributed by atoms with Crippen molar-refractivity contribution in [3.63, 3.8) is 0 Å². The molecule has 0 spiro atoms. The first-order chi connectivity index (χ1) is 16.5. The predicted molar refractivity (Wildman–Crippen MR) is 122 cm³/mol. The fraction of sp³-hybridized carbons (Fsp3) is 0.0952. The van der Waals surface area contributed by atoms with Crippen molar-refractivity contribution in [3.05, 3.63) is 65.8 Å². The molecule has 0 aliphatic rings. The van der Waals surface area contributed by atoms with Crippen molar-refractivity contribution < 1.29 is 26.3 Å². The van der Waals surface area contributed by atoms with Crippen LogP contribution in [0, 0.1) is 11.3 Å². The molecule has 0 radical (unpaired) electrons. The molecule has 180 valence electrons. The van der Waals surface area contributed by atoms with Gasteiger partial charge in [-0.1, -0.05) is 12.1 Å². The van der Waals surface area contributed by atoms with Gasteiger partial charge in [0.2, 0.25) is 0 Å². The molecule has 0 saturated carbocycles. The second-order valence-corrected chi connectivity index (χ2v) is 9.66. The maximum absolute atomic E-state index is 12.6. The van der Waals surface area contributed by atoms with Gasteiger partial charge in [0.25, 0.3) is 10.0 Å². The summed E-state index contributed by atoms with van der Waals surface area (Å²) in [6.07, 6.45) is -1.78. The second-order valence-electron chi connectivity index (χ2n) is 7.08. The topological polar surface area (TPSA) is 136 Å². The van der Waals surface area contributed by atoms with Crippen LogP contribution in [0.1, 0.15) is 5.56 Å². The summed E-state index contributed by atoms with van der Waals surface area (Å²) in [6.45, 7) is -1.26. The SMILES string of the molecule is N#Cc1cc(S(=O)(=O)Nc2nccs2)ccc1Oc1ccc(-c2cn(CC(F)(F)F)nc2N)cc1. The molecule has 0 saturated heterocycles. The van der Waals surface area contributed by atoms with E-state index in [-0.39, 0.29) is 27.2 Å². The average Bonchev–Trinajstić information content (AvgIpc) is 3.42. The van der Waals surface area contributed by atoms with Crippen LogP contribution in [0.25, 0.3) is 11.1 Å². The lowest BCUT2D eigenvalue weighted by atomic mass is 10.1. The van der Waals surface area contributed by atoms with E-state index in [9.17, 15) is 26.9 Å². The lowest BCUT2D eigenvalue weighted by Gasteiger charge is -2.10. The molecule has 4 rings (SSSR count). The third-order valence-electron chi connectivity index (χ3n) is 4.56. The second kappa shape index (κ2) is 9.28. The van der Waals surface area contributed by atoms with E-state index in [1.54, 1.807) is 17.5 Å². The van der Waals surface area contributed by atoms with E-state index in [0.29, 0.717) is 21.6 Å². The molecule has 2 heterocycles. The van der Waals surface area contributed by atoms with Gasteiger partial charge < -0.3 is 10.5 Å². The van der Waals surface area contributed by atoms with Crippen molar-refractivity contribution in [2.75, 3.05) is 10.5 Å². The van der Waals surface area contributed by atoms with Crippen molar-refractivity contribution in [1.82, 2.24) is 14.8 Å². The van der Waals surface area contributed by atoms with Crippen LogP contribution in [-0.4, -0.2) is 29.4 Å². The Bertz CT molecular complexity index is 1490. The highest BCUT2D eigenvalue weighted by Gasteiger charge is 2.29. The number of aromatic nitrogens is 3. The van der Waals surface area contributed by atoms with Crippen molar-refractivity contribution in [2.45, 2.75) is 17.6 Å². The highest BCUT2D eigenvalue weighted by molar-refractivity contribution is 7.93. The predicted octanol–water partition coefficient (Wildman–Crippen LogP) is 4.62. The number of hydrogen-bond donors (Lipinski definition) is 2. The summed E-state index contributed by atoms with van der Waals surface area (Å²) in [5.74, 6) is 0.367. The number of nitrogens with zero attached hydrogens (tertiary/aromatic N) is 4. The number of nitrogens with one attached hydrogen (secondary N) is 1. The van der Waals surface area contributed by atoms with Crippen LogP contribution >= 0.6 is 11.3 Å². The maximum atomic E-state index is 12.6. The molecular formula is C21H15F3N6O3S2. The molecule has 3 N–H and O–H groups in total. The summed E-state index contributed by atoms with van der Waals surface area (Å²) in [5.41, 5.74) is 6.57. The minimum atomic E-state index is -4.43. The van der Waals surface area contributed by atoms with Gasteiger partial charge >= 0.3 is 6.18 Å². The number of alkyl halides is 3. The molecule has 14 heteroatoms. The number of hydrogen-bond acceptors (Lipinski definition) is 8. The summed E-state index contributed by atoms with van der Waals surface area (Å²) in [6, 6.07) is 11.9. The molecule has 2 aromatic heterocycles. The van der Waals surface area contributed by atoms with Crippen LogP contribution in [0.3, 0.4) is 0 Å². The number of nitriles is 1. The van der Waals surface area contributed by atoms with E-state index in [1.807, 2.05) is 6.07 Å². The highest BCUT2D eigenvalue weighted by Crippen LogP contribution is 2.32. The van der Waals surface area contributed by atoms with Crippen LogP contribution in [0.4, 0.5) is 24.1 Å². The van der Waals surface area contributed by atoms with E-state index >= 15 is 0 Å². The van der Waals surface area contributed by atoms with Crippen LogP contribution in [0.5, 0.6) is 11.5 Å². The molecule has 0 amide bonds. The van der Waals surface area contributed by atoms with E-state index < -0.39 is 22.7 Å². The summed E-state index contributed by atoms with van der Waals surface area (Å²) in [7, 11) is -3.95. The number of nitrogen functional groups attached to an aromatic ring is 1. The smallest absolute Gasteiger partial charge is 0.408 e. The molecule has 4 aromatic rings. The van der Waals surface area contributed by atoms with Gasteiger partial charge in [0, 0.05) is 23.3 Å². The first-order valence-electron chi connectivity index (χ1n) is 9.68. The Hall–Kier alpha value is -4.09. The van der Waals surface area contributed by atoms with Gasteiger partial charge in [-0.05, 0) is 35.9 Å². The zero-order valence-electron chi connectivity index (χ0n) is 17.5. The van der Waals surface area contributed by atoms with E-state index in [4.69, 9.17) is 10.5 Å². The molecule has 0 atom stereocenters. The number of ether oxygens (including phenoxy) is 1. The Balaban J connectivity index is 1.52. The minimum Gasteiger partial charge on any atom is -0.456 e. The Morgan fingerprint density at radius 1 is 1.20 bits per heavy atom. The number of halogens is 3. The van der Waals surface area contributed by atoms with Crippen molar-refractivity contribution in [3.8, 4) is 28.7 Å². The van der Waals surface area contributed by atoms with Crippen LogP contribution in [-0.2, 0) is 16.6 Å². The average molecular weight is 521 g/mol. The molecule has 0 bridgehead atoms. The number of benzene rings is 2. The number of thiazole rings is 1. The van der Waals surface area contributed by atoms with Crippen LogP contribution in [0.2, 0.25) is 0 Å². The van der Waals surface area contributed by atoms with E-state index in [0.717, 1.165) is 11.3 Å². The fourth-order valence-electron chi connectivity index (χ4n) is 3.05. The number of sulfonamides is 1. The molecular weight excluding hydrogens is 505 g/mol. The molecule has 35 heavy (non-hydrogen) atoms. The summed E-state index contributed by atoms with van der Waals surface area (Å²) in [5, 5.41) is 15.0. The van der Waals surface area contributed by atoms with Gasteiger partial charge in [0.15, 0.2) is 10.9 Å². The van der Waals surface area contributed by atoms with Gasteiger partial charge in [-0.15, -0.1) is 11.3 Å². The Morgan fingerprint density at radius 3 is 2.57 bits per heavy atom. The number of nitrogens with two attached hydrogens (primary N) is 1. The number of anilines is 2. The molecule has 0 aliphatic carbocycles. The zero-order chi connectivity index (χ0) is 25.2. The summed E-state index contributed by atoms with van der Waals surface area (Å²) in [4.78, 5) is 3.73. The standard InChI is InChI=1S/C21H15F3N6O3S2/c22-21(23,24)12-30-11-17(19(26)28-30)13-1-3-15(4-2-13)33-18-6-5-16(9-14(18)10-25)35(31,32)29-20-27-7-8-34-20/h1-9,11H,12H2,(H2,26,28)(H,27,29). The Kier molecular flexibility index (Phi) is 6.37.